The van der Waals surface area contributed by atoms with E-state index in [2.05, 4.69) is 15.9 Å². The Bertz CT molecular complexity index is 337. The van der Waals surface area contributed by atoms with Crippen LogP contribution < -0.4 is 4.74 Å². The Hall–Kier alpha value is -0.210. The van der Waals surface area contributed by atoms with E-state index in [4.69, 9.17) is 16.3 Å². The third-order valence-electron chi connectivity index (χ3n) is 2.34. The predicted octanol–water partition coefficient (Wildman–Crippen LogP) is 3.90. The molecule has 3 heteroatoms. The second kappa shape index (κ2) is 5.04. The number of aryl methyl sites for hydroxylation is 1. The Morgan fingerprint density at radius 2 is 2.07 bits per heavy atom. The minimum absolute atomic E-state index is 0.849. The van der Waals surface area contributed by atoms with Gasteiger partial charge in [0.15, 0.2) is 0 Å². The first kappa shape index (κ1) is 11.9. The van der Waals surface area contributed by atoms with Crippen molar-refractivity contribution in [3.63, 3.8) is 0 Å². The summed E-state index contributed by atoms with van der Waals surface area (Å²) in [6.45, 7) is 4.03. The minimum Gasteiger partial charge on any atom is -0.496 e. The van der Waals surface area contributed by atoms with E-state index in [1.165, 1.54) is 5.56 Å². The first-order valence-electron chi connectivity index (χ1n) is 4.50. The number of benzene rings is 1. The molecule has 0 amide bonds. The molecule has 14 heavy (non-hydrogen) atoms. The van der Waals surface area contributed by atoms with E-state index < -0.39 is 0 Å². The molecule has 1 aromatic carbocycles. The summed E-state index contributed by atoms with van der Waals surface area (Å²) in [5.74, 6) is 0.934. The van der Waals surface area contributed by atoms with Gasteiger partial charge in [0, 0.05) is 10.4 Å². The van der Waals surface area contributed by atoms with Crippen molar-refractivity contribution in [2.24, 2.45) is 0 Å². The van der Waals surface area contributed by atoms with Gasteiger partial charge < -0.3 is 4.74 Å². The molecule has 0 unspecified atom stereocenters. The zero-order valence-corrected chi connectivity index (χ0v) is 11.0. The number of hydrogen-bond acceptors (Lipinski definition) is 1. The lowest BCUT2D eigenvalue weighted by Crippen LogP contribution is -1.98. The number of alkyl halides is 1. The summed E-state index contributed by atoms with van der Waals surface area (Å²) >= 11 is 9.60. The van der Waals surface area contributed by atoms with Gasteiger partial charge in [0.2, 0.25) is 0 Å². The maximum Gasteiger partial charge on any atom is 0.122 e. The molecule has 0 heterocycles. The summed E-state index contributed by atoms with van der Waals surface area (Å²) in [4.78, 5) is 0. The molecule has 0 spiro atoms. The van der Waals surface area contributed by atoms with Crippen molar-refractivity contribution >= 4 is 27.5 Å². The highest BCUT2D eigenvalue weighted by atomic mass is 79.9. The van der Waals surface area contributed by atoms with E-state index in [1.54, 1.807) is 7.11 Å². The molecule has 0 aromatic heterocycles. The van der Waals surface area contributed by atoms with E-state index in [0.717, 1.165) is 33.6 Å². The predicted molar refractivity (Wildman–Crippen MR) is 65.0 cm³/mol. The fourth-order valence-corrected chi connectivity index (χ4v) is 2.11. The fraction of sp³-hybridized carbons (Fsp3) is 0.455. The van der Waals surface area contributed by atoms with Crippen molar-refractivity contribution in [3.8, 4) is 5.75 Å². The van der Waals surface area contributed by atoms with Crippen LogP contribution in [0.4, 0.5) is 0 Å². The number of halogens is 2. The fourth-order valence-electron chi connectivity index (χ4n) is 1.55. The van der Waals surface area contributed by atoms with Crippen LogP contribution >= 0.6 is 27.5 Å². The Labute approximate surface area is 98.5 Å². The molecule has 0 atom stereocenters. The van der Waals surface area contributed by atoms with Gasteiger partial charge in [-0.05, 0) is 43.0 Å². The van der Waals surface area contributed by atoms with Crippen LogP contribution in [0.25, 0.3) is 0 Å². The van der Waals surface area contributed by atoms with Crippen LogP contribution in [0.15, 0.2) is 6.07 Å². The van der Waals surface area contributed by atoms with Crippen LogP contribution in [0.3, 0.4) is 0 Å². The molecule has 0 aliphatic heterocycles. The Morgan fingerprint density at radius 1 is 1.43 bits per heavy atom. The summed E-state index contributed by atoms with van der Waals surface area (Å²) in [6, 6.07) is 1.99. The number of ether oxygens (including phenoxy) is 1. The summed E-state index contributed by atoms with van der Waals surface area (Å²) in [5, 5.41) is 1.77. The summed E-state index contributed by atoms with van der Waals surface area (Å²) in [7, 11) is 1.69. The average molecular weight is 278 g/mol. The Kier molecular flexibility index (Phi) is 4.27. The normalized spacial score (nSPS) is 10.4. The van der Waals surface area contributed by atoms with Gasteiger partial charge in [0.1, 0.15) is 5.75 Å². The van der Waals surface area contributed by atoms with Gasteiger partial charge in [0.05, 0.1) is 7.11 Å². The van der Waals surface area contributed by atoms with Crippen molar-refractivity contribution in [3.05, 3.63) is 27.8 Å². The van der Waals surface area contributed by atoms with Crippen molar-refractivity contribution in [2.45, 2.75) is 20.3 Å². The van der Waals surface area contributed by atoms with E-state index in [9.17, 15) is 0 Å². The Morgan fingerprint density at radius 3 is 2.57 bits per heavy atom. The van der Waals surface area contributed by atoms with Crippen LogP contribution in [0, 0.1) is 13.8 Å². The first-order valence-corrected chi connectivity index (χ1v) is 6.00. The minimum atomic E-state index is 0.849. The molecule has 0 aliphatic carbocycles. The molecule has 78 valence electrons. The van der Waals surface area contributed by atoms with Gasteiger partial charge in [-0.25, -0.2) is 0 Å². The van der Waals surface area contributed by atoms with Gasteiger partial charge in [-0.1, -0.05) is 27.5 Å². The molecule has 0 bridgehead atoms. The standard InChI is InChI=1S/C11H14BrClO/c1-7-6-10(14-3)9(4-5-12)8(2)11(7)13/h6H,4-5H2,1-3H3. The third-order valence-corrected chi connectivity index (χ3v) is 3.32. The largest absolute Gasteiger partial charge is 0.496 e. The van der Waals surface area contributed by atoms with E-state index in [0.29, 0.717) is 0 Å². The molecule has 0 N–H and O–H groups in total. The second-order valence-electron chi connectivity index (χ2n) is 3.25. The van der Waals surface area contributed by atoms with Gasteiger partial charge in [-0.2, -0.15) is 0 Å². The van der Waals surface area contributed by atoms with E-state index in [-0.39, 0.29) is 0 Å². The second-order valence-corrected chi connectivity index (χ2v) is 4.42. The highest BCUT2D eigenvalue weighted by molar-refractivity contribution is 9.09. The molecule has 1 aromatic rings. The lowest BCUT2D eigenvalue weighted by atomic mass is 10.0. The maximum absolute atomic E-state index is 6.18. The zero-order valence-electron chi connectivity index (χ0n) is 8.66. The highest BCUT2D eigenvalue weighted by Crippen LogP contribution is 2.31. The average Bonchev–Trinajstić information content (AvgIpc) is 2.19. The van der Waals surface area contributed by atoms with Crippen molar-refractivity contribution in [2.75, 3.05) is 12.4 Å². The molecule has 1 nitrogen and oxygen atoms in total. The maximum atomic E-state index is 6.18. The number of methoxy groups -OCH3 is 1. The van der Waals surface area contributed by atoms with Crippen LogP contribution in [-0.4, -0.2) is 12.4 Å². The zero-order chi connectivity index (χ0) is 10.7. The molecule has 0 saturated carbocycles. The molecular weight excluding hydrogens is 263 g/mol. The van der Waals surface area contributed by atoms with E-state index >= 15 is 0 Å². The molecule has 0 aliphatic rings. The van der Waals surface area contributed by atoms with Gasteiger partial charge in [-0.15, -0.1) is 0 Å². The van der Waals surface area contributed by atoms with Crippen LogP contribution in [0.1, 0.15) is 16.7 Å². The number of hydrogen-bond donors (Lipinski definition) is 0. The summed E-state index contributed by atoms with van der Waals surface area (Å²) in [5.41, 5.74) is 3.39. The van der Waals surface area contributed by atoms with Crippen molar-refractivity contribution < 1.29 is 4.74 Å². The summed E-state index contributed by atoms with van der Waals surface area (Å²) in [6.07, 6.45) is 0.939. The lowest BCUT2D eigenvalue weighted by Gasteiger charge is -2.14. The van der Waals surface area contributed by atoms with E-state index in [1.807, 2.05) is 19.9 Å². The monoisotopic (exact) mass is 276 g/mol. The van der Waals surface area contributed by atoms with Gasteiger partial charge in [-0.3, -0.25) is 0 Å². The van der Waals surface area contributed by atoms with Crippen LogP contribution in [-0.2, 0) is 6.42 Å². The van der Waals surface area contributed by atoms with Crippen molar-refractivity contribution in [1.82, 2.24) is 0 Å². The van der Waals surface area contributed by atoms with Crippen LogP contribution in [0.2, 0.25) is 5.02 Å². The van der Waals surface area contributed by atoms with Gasteiger partial charge in [0.25, 0.3) is 0 Å². The van der Waals surface area contributed by atoms with Gasteiger partial charge >= 0.3 is 0 Å². The molecule has 1 rings (SSSR count). The summed E-state index contributed by atoms with van der Waals surface area (Å²) < 4.78 is 5.34. The Balaban J connectivity index is 3.29. The number of rotatable bonds is 3. The molecule has 0 fully saturated rings. The molecular formula is C11H14BrClO. The SMILES string of the molecule is COc1cc(C)c(Cl)c(C)c1CCBr. The topological polar surface area (TPSA) is 9.23 Å². The quantitative estimate of drug-likeness (QED) is 0.761. The smallest absolute Gasteiger partial charge is 0.122 e. The third kappa shape index (κ3) is 2.23. The van der Waals surface area contributed by atoms with Crippen LogP contribution in [0.5, 0.6) is 5.75 Å². The molecule has 0 saturated heterocycles. The molecule has 0 radical (unpaired) electrons. The lowest BCUT2D eigenvalue weighted by molar-refractivity contribution is 0.409. The first-order chi connectivity index (χ1) is 6.61. The van der Waals surface area contributed by atoms with Crippen molar-refractivity contribution in [1.29, 1.82) is 0 Å². The highest BCUT2D eigenvalue weighted by Gasteiger charge is 2.11.